The van der Waals surface area contributed by atoms with Crippen molar-refractivity contribution in [2.45, 2.75) is 33.7 Å². The van der Waals surface area contributed by atoms with E-state index in [9.17, 15) is 9.59 Å². The molecule has 4 nitrogen and oxygen atoms in total. The molecule has 1 amide bonds. The lowest BCUT2D eigenvalue weighted by atomic mass is 9.88. The van der Waals surface area contributed by atoms with Crippen LogP contribution in [0.4, 0.5) is 0 Å². The maximum atomic E-state index is 12.3. The lowest BCUT2D eigenvalue weighted by molar-refractivity contribution is -0.139. The smallest absolute Gasteiger partial charge is 0.328 e. The van der Waals surface area contributed by atoms with Crippen molar-refractivity contribution in [2.24, 2.45) is 5.41 Å². The maximum absolute atomic E-state index is 12.3. The Morgan fingerprint density at radius 3 is 2.29 bits per heavy atom. The number of benzene rings is 1. The van der Waals surface area contributed by atoms with Crippen molar-refractivity contribution in [3.8, 4) is 0 Å². The van der Waals surface area contributed by atoms with E-state index < -0.39 is 5.97 Å². The third kappa shape index (κ3) is 5.06. The summed E-state index contributed by atoms with van der Waals surface area (Å²) >= 11 is 0. The number of carboxylic acids is 1. The number of hydrogen-bond donors (Lipinski definition) is 1. The van der Waals surface area contributed by atoms with Gasteiger partial charge >= 0.3 is 5.97 Å². The number of nitrogens with zero attached hydrogens (tertiary/aromatic N) is 1. The molecular formula is C17H23NO3. The van der Waals surface area contributed by atoms with Gasteiger partial charge in [-0.2, -0.15) is 0 Å². The van der Waals surface area contributed by atoms with Crippen LogP contribution in [0.15, 0.2) is 30.3 Å². The van der Waals surface area contributed by atoms with E-state index in [1.165, 1.54) is 0 Å². The van der Waals surface area contributed by atoms with Crippen LogP contribution in [0.5, 0.6) is 0 Å². The molecule has 0 unspecified atom stereocenters. The Morgan fingerprint density at radius 2 is 1.81 bits per heavy atom. The Balaban J connectivity index is 2.72. The van der Waals surface area contributed by atoms with Crippen molar-refractivity contribution in [3.63, 3.8) is 0 Å². The van der Waals surface area contributed by atoms with Gasteiger partial charge in [-0.25, -0.2) is 4.79 Å². The minimum absolute atomic E-state index is 0.125. The number of carbonyl (C=O) groups is 2. The van der Waals surface area contributed by atoms with E-state index in [0.29, 0.717) is 6.54 Å². The van der Waals surface area contributed by atoms with Gasteiger partial charge in [-0.1, -0.05) is 45.0 Å². The van der Waals surface area contributed by atoms with E-state index >= 15 is 0 Å². The number of aliphatic carboxylic acids is 1. The summed E-state index contributed by atoms with van der Waals surface area (Å²) in [5, 5.41) is 8.58. The molecular weight excluding hydrogens is 266 g/mol. The second kappa shape index (κ2) is 7.07. The molecule has 0 spiro atoms. The minimum atomic E-state index is -0.966. The SMILES string of the molecule is CCC(C)(C)C(=O)N(C)Cc1ccc(C=CC(=O)O)cc1. The first-order valence-electron chi connectivity index (χ1n) is 7.02. The number of rotatable bonds is 6. The van der Waals surface area contributed by atoms with E-state index in [1.54, 1.807) is 18.0 Å². The highest BCUT2D eigenvalue weighted by Crippen LogP contribution is 2.23. The zero-order valence-electron chi connectivity index (χ0n) is 13.1. The molecule has 0 saturated carbocycles. The molecule has 1 aromatic rings. The molecule has 4 heteroatoms. The summed E-state index contributed by atoms with van der Waals surface area (Å²) in [6.45, 7) is 6.46. The fourth-order valence-electron chi connectivity index (χ4n) is 1.92. The van der Waals surface area contributed by atoms with Crippen LogP contribution in [0, 0.1) is 5.41 Å². The Kier molecular flexibility index (Phi) is 5.70. The van der Waals surface area contributed by atoms with Crippen LogP contribution >= 0.6 is 0 Å². The molecule has 0 bridgehead atoms. The van der Waals surface area contributed by atoms with E-state index in [1.807, 2.05) is 45.0 Å². The van der Waals surface area contributed by atoms with Crippen molar-refractivity contribution in [2.75, 3.05) is 7.05 Å². The number of carbonyl (C=O) groups excluding carboxylic acids is 1. The molecule has 0 atom stereocenters. The molecule has 0 heterocycles. The monoisotopic (exact) mass is 289 g/mol. The first-order valence-corrected chi connectivity index (χ1v) is 7.02. The molecule has 0 fully saturated rings. The Bertz CT molecular complexity index is 529. The molecule has 1 aromatic carbocycles. The van der Waals surface area contributed by atoms with E-state index in [2.05, 4.69) is 0 Å². The van der Waals surface area contributed by atoms with E-state index in [4.69, 9.17) is 5.11 Å². The van der Waals surface area contributed by atoms with Gasteiger partial charge in [-0.3, -0.25) is 4.79 Å². The Hall–Kier alpha value is -2.10. The third-order valence-corrected chi connectivity index (χ3v) is 3.63. The summed E-state index contributed by atoms with van der Waals surface area (Å²) in [7, 11) is 1.80. The second-order valence-corrected chi connectivity index (χ2v) is 5.81. The van der Waals surface area contributed by atoms with Crippen LogP contribution in [0.25, 0.3) is 6.08 Å². The van der Waals surface area contributed by atoms with Crippen LogP contribution < -0.4 is 0 Å². The van der Waals surface area contributed by atoms with Crippen molar-refractivity contribution in [3.05, 3.63) is 41.5 Å². The summed E-state index contributed by atoms with van der Waals surface area (Å²) in [5.41, 5.74) is 1.49. The molecule has 0 radical (unpaired) electrons. The summed E-state index contributed by atoms with van der Waals surface area (Å²) in [4.78, 5) is 24.5. The van der Waals surface area contributed by atoms with Gasteiger partial charge in [0.2, 0.25) is 5.91 Å². The van der Waals surface area contributed by atoms with Gasteiger partial charge in [0, 0.05) is 25.1 Å². The average Bonchev–Trinajstić information content (AvgIpc) is 2.45. The van der Waals surface area contributed by atoms with Crippen LogP contribution in [0.1, 0.15) is 38.3 Å². The van der Waals surface area contributed by atoms with Crippen LogP contribution in [-0.2, 0) is 16.1 Å². The standard InChI is InChI=1S/C17H23NO3/c1-5-17(2,3)16(21)18(4)12-14-8-6-13(7-9-14)10-11-15(19)20/h6-11H,5,12H2,1-4H3,(H,19,20). The van der Waals surface area contributed by atoms with E-state index in [-0.39, 0.29) is 11.3 Å². The summed E-state index contributed by atoms with van der Waals surface area (Å²) in [5.74, 6) is -0.842. The van der Waals surface area contributed by atoms with Gasteiger partial charge in [0.25, 0.3) is 0 Å². The van der Waals surface area contributed by atoms with Crippen molar-refractivity contribution < 1.29 is 14.7 Å². The topological polar surface area (TPSA) is 57.6 Å². The van der Waals surface area contributed by atoms with Gasteiger partial charge in [-0.15, -0.1) is 0 Å². The number of hydrogen-bond acceptors (Lipinski definition) is 2. The second-order valence-electron chi connectivity index (χ2n) is 5.81. The lowest BCUT2D eigenvalue weighted by Gasteiger charge is -2.28. The fraction of sp³-hybridized carbons (Fsp3) is 0.412. The lowest BCUT2D eigenvalue weighted by Crippen LogP contribution is -2.37. The van der Waals surface area contributed by atoms with Gasteiger partial charge < -0.3 is 10.0 Å². The zero-order chi connectivity index (χ0) is 16.0. The maximum Gasteiger partial charge on any atom is 0.328 e. The van der Waals surface area contributed by atoms with Gasteiger partial charge in [0.05, 0.1) is 0 Å². The summed E-state index contributed by atoms with van der Waals surface area (Å²) < 4.78 is 0. The number of amides is 1. The molecule has 0 aliphatic heterocycles. The van der Waals surface area contributed by atoms with Crippen LogP contribution in [0.3, 0.4) is 0 Å². The predicted molar refractivity (Wildman–Crippen MR) is 83.7 cm³/mol. The fourth-order valence-corrected chi connectivity index (χ4v) is 1.92. The van der Waals surface area contributed by atoms with Crippen molar-refractivity contribution in [1.29, 1.82) is 0 Å². The molecule has 0 aliphatic rings. The third-order valence-electron chi connectivity index (χ3n) is 3.63. The highest BCUT2D eigenvalue weighted by molar-refractivity contribution is 5.85. The average molecular weight is 289 g/mol. The zero-order valence-corrected chi connectivity index (χ0v) is 13.1. The Morgan fingerprint density at radius 1 is 1.24 bits per heavy atom. The quantitative estimate of drug-likeness (QED) is 0.818. The highest BCUT2D eigenvalue weighted by Gasteiger charge is 2.28. The largest absolute Gasteiger partial charge is 0.478 e. The first-order chi connectivity index (χ1) is 9.76. The molecule has 1 rings (SSSR count). The van der Waals surface area contributed by atoms with Gasteiger partial charge in [-0.05, 0) is 23.6 Å². The summed E-state index contributed by atoms with van der Waals surface area (Å²) in [6, 6.07) is 7.50. The predicted octanol–water partition coefficient (Wildman–Crippen LogP) is 3.18. The Labute approximate surface area is 126 Å². The van der Waals surface area contributed by atoms with Crippen LogP contribution in [0.2, 0.25) is 0 Å². The van der Waals surface area contributed by atoms with Gasteiger partial charge in [0.15, 0.2) is 0 Å². The van der Waals surface area contributed by atoms with Gasteiger partial charge in [0.1, 0.15) is 0 Å². The molecule has 1 N–H and O–H groups in total. The minimum Gasteiger partial charge on any atom is -0.478 e. The highest BCUT2D eigenvalue weighted by atomic mass is 16.4. The molecule has 0 aliphatic carbocycles. The normalized spacial score (nSPS) is 11.6. The molecule has 114 valence electrons. The summed E-state index contributed by atoms with van der Waals surface area (Å²) in [6.07, 6.45) is 3.45. The first kappa shape index (κ1) is 17.0. The molecule has 0 saturated heterocycles. The van der Waals surface area contributed by atoms with Crippen LogP contribution in [-0.4, -0.2) is 28.9 Å². The van der Waals surface area contributed by atoms with Crippen molar-refractivity contribution in [1.82, 2.24) is 4.90 Å². The molecule has 0 aromatic heterocycles. The van der Waals surface area contributed by atoms with E-state index in [0.717, 1.165) is 23.6 Å². The number of carboxylic acid groups (broad SMARTS) is 1. The van der Waals surface area contributed by atoms with Crippen molar-refractivity contribution >= 4 is 18.0 Å². The molecule has 21 heavy (non-hydrogen) atoms.